The summed E-state index contributed by atoms with van der Waals surface area (Å²) < 4.78 is 0. The SMILES string of the molecule is N#Cc1ccccc1-c1cnc(N)c(C(=O)O)n1. The molecule has 2 aromatic rings. The summed E-state index contributed by atoms with van der Waals surface area (Å²) in [7, 11) is 0. The van der Waals surface area contributed by atoms with Gasteiger partial charge in [-0.15, -0.1) is 0 Å². The predicted molar refractivity (Wildman–Crippen MR) is 63.6 cm³/mol. The number of nitrogen functional groups attached to an aromatic ring is 1. The van der Waals surface area contributed by atoms with Gasteiger partial charge in [-0.1, -0.05) is 18.2 Å². The van der Waals surface area contributed by atoms with Crippen molar-refractivity contribution in [3.63, 3.8) is 0 Å². The van der Waals surface area contributed by atoms with Crippen molar-refractivity contribution < 1.29 is 9.90 Å². The summed E-state index contributed by atoms with van der Waals surface area (Å²) in [6, 6.07) is 8.74. The van der Waals surface area contributed by atoms with Gasteiger partial charge in [-0.25, -0.2) is 14.8 Å². The molecule has 1 aromatic carbocycles. The highest BCUT2D eigenvalue weighted by atomic mass is 16.4. The molecule has 1 aromatic heterocycles. The van der Waals surface area contributed by atoms with E-state index >= 15 is 0 Å². The van der Waals surface area contributed by atoms with Crippen molar-refractivity contribution in [2.45, 2.75) is 0 Å². The second-order valence-corrected chi connectivity index (χ2v) is 3.45. The molecule has 0 aliphatic rings. The van der Waals surface area contributed by atoms with E-state index in [1.165, 1.54) is 6.20 Å². The Morgan fingerprint density at radius 3 is 2.78 bits per heavy atom. The first-order chi connectivity index (χ1) is 8.63. The van der Waals surface area contributed by atoms with Gasteiger partial charge in [0, 0.05) is 5.56 Å². The van der Waals surface area contributed by atoms with Gasteiger partial charge in [0.2, 0.25) is 0 Å². The number of rotatable bonds is 2. The van der Waals surface area contributed by atoms with Gasteiger partial charge < -0.3 is 10.8 Å². The fourth-order valence-corrected chi connectivity index (χ4v) is 1.49. The Balaban J connectivity index is 2.62. The van der Waals surface area contributed by atoms with Gasteiger partial charge >= 0.3 is 5.97 Å². The van der Waals surface area contributed by atoms with Crippen LogP contribution in [0.5, 0.6) is 0 Å². The van der Waals surface area contributed by atoms with Crippen LogP contribution in [-0.2, 0) is 0 Å². The smallest absolute Gasteiger partial charge is 0.358 e. The van der Waals surface area contributed by atoms with Crippen LogP contribution in [0.4, 0.5) is 5.82 Å². The largest absolute Gasteiger partial charge is 0.476 e. The molecular formula is C12H8N4O2. The topological polar surface area (TPSA) is 113 Å². The molecule has 0 aliphatic heterocycles. The maximum atomic E-state index is 10.9. The molecule has 0 spiro atoms. The molecule has 0 unspecified atom stereocenters. The lowest BCUT2D eigenvalue weighted by molar-refractivity contribution is 0.0691. The molecule has 0 fully saturated rings. The standard InChI is InChI=1S/C12H8N4O2/c13-5-7-3-1-2-4-8(7)9-6-15-11(14)10(16-9)12(17)18/h1-4,6H,(H2,14,15)(H,17,18). The highest BCUT2D eigenvalue weighted by Crippen LogP contribution is 2.21. The van der Waals surface area contributed by atoms with Crippen LogP contribution in [0.2, 0.25) is 0 Å². The summed E-state index contributed by atoms with van der Waals surface area (Å²) >= 11 is 0. The van der Waals surface area contributed by atoms with Gasteiger partial charge in [0.25, 0.3) is 0 Å². The molecule has 18 heavy (non-hydrogen) atoms. The van der Waals surface area contributed by atoms with E-state index in [9.17, 15) is 4.79 Å². The van der Waals surface area contributed by atoms with Crippen molar-refractivity contribution in [1.29, 1.82) is 5.26 Å². The number of nitriles is 1. The zero-order valence-corrected chi connectivity index (χ0v) is 9.16. The first kappa shape index (κ1) is 11.5. The zero-order chi connectivity index (χ0) is 13.1. The number of nitrogens with two attached hydrogens (primary N) is 1. The van der Waals surface area contributed by atoms with Crippen molar-refractivity contribution in [2.75, 3.05) is 5.73 Å². The molecule has 0 radical (unpaired) electrons. The second-order valence-electron chi connectivity index (χ2n) is 3.45. The number of carbonyl (C=O) groups is 1. The molecule has 88 valence electrons. The number of hydrogen-bond acceptors (Lipinski definition) is 5. The third-order valence-electron chi connectivity index (χ3n) is 2.33. The van der Waals surface area contributed by atoms with E-state index in [-0.39, 0.29) is 11.5 Å². The molecule has 1 heterocycles. The Kier molecular flexibility index (Phi) is 2.89. The fraction of sp³-hybridized carbons (Fsp3) is 0. The van der Waals surface area contributed by atoms with Gasteiger partial charge in [-0.3, -0.25) is 0 Å². The highest BCUT2D eigenvalue weighted by molar-refractivity contribution is 5.91. The van der Waals surface area contributed by atoms with Gasteiger partial charge in [-0.2, -0.15) is 5.26 Å². The molecule has 0 bridgehead atoms. The minimum absolute atomic E-state index is 0.152. The van der Waals surface area contributed by atoms with E-state index < -0.39 is 5.97 Å². The molecule has 0 atom stereocenters. The first-order valence-corrected chi connectivity index (χ1v) is 4.99. The van der Waals surface area contributed by atoms with Crippen molar-refractivity contribution in [1.82, 2.24) is 9.97 Å². The quantitative estimate of drug-likeness (QED) is 0.817. The van der Waals surface area contributed by atoms with Gasteiger partial charge in [-0.05, 0) is 6.07 Å². The van der Waals surface area contributed by atoms with Crippen LogP contribution >= 0.6 is 0 Å². The number of carboxylic acid groups (broad SMARTS) is 1. The second kappa shape index (κ2) is 4.51. The normalized spacial score (nSPS) is 9.72. The number of carboxylic acids is 1. The summed E-state index contributed by atoms with van der Waals surface area (Å²) in [5, 5.41) is 17.9. The van der Waals surface area contributed by atoms with Gasteiger partial charge in [0.1, 0.15) is 0 Å². The Bertz CT molecular complexity index is 661. The van der Waals surface area contributed by atoms with Crippen LogP contribution in [0.25, 0.3) is 11.3 Å². The summed E-state index contributed by atoms with van der Waals surface area (Å²) in [6.45, 7) is 0. The van der Waals surface area contributed by atoms with E-state index in [0.29, 0.717) is 16.8 Å². The van der Waals surface area contributed by atoms with Crippen LogP contribution < -0.4 is 5.73 Å². The monoisotopic (exact) mass is 240 g/mol. The Hall–Kier alpha value is -2.94. The van der Waals surface area contributed by atoms with Crippen LogP contribution in [0.1, 0.15) is 16.1 Å². The van der Waals surface area contributed by atoms with E-state index in [2.05, 4.69) is 9.97 Å². The van der Waals surface area contributed by atoms with Crippen LogP contribution in [0.15, 0.2) is 30.5 Å². The van der Waals surface area contributed by atoms with E-state index in [0.717, 1.165) is 0 Å². The Morgan fingerprint density at radius 2 is 2.11 bits per heavy atom. The maximum absolute atomic E-state index is 10.9. The van der Waals surface area contributed by atoms with Crippen molar-refractivity contribution >= 4 is 11.8 Å². The zero-order valence-electron chi connectivity index (χ0n) is 9.16. The molecule has 6 heteroatoms. The van der Waals surface area contributed by atoms with Crippen molar-refractivity contribution in [2.24, 2.45) is 0 Å². The van der Waals surface area contributed by atoms with Crippen LogP contribution in [-0.4, -0.2) is 21.0 Å². The molecular weight excluding hydrogens is 232 g/mol. The Labute approximate surface area is 102 Å². The van der Waals surface area contributed by atoms with Crippen molar-refractivity contribution in [3.8, 4) is 17.3 Å². The van der Waals surface area contributed by atoms with Gasteiger partial charge in [0.15, 0.2) is 11.5 Å². The molecule has 2 rings (SSSR count). The molecule has 0 amide bonds. The number of benzene rings is 1. The molecule has 0 aliphatic carbocycles. The third-order valence-corrected chi connectivity index (χ3v) is 2.33. The third kappa shape index (κ3) is 1.97. The van der Waals surface area contributed by atoms with Crippen LogP contribution in [0, 0.1) is 11.3 Å². The number of aromatic nitrogens is 2. The first-order valence-electron chi connectivity index (χ1n) is 4.99. The average molecular weight is 240 g/mol. The summed E-state index contributed by atoms with van der Waals surface area (Å²) in [4.78, 5) is 18.6. The summed E-state index contributed by atoms with van der Waals surface area (Å²) in [5.74, 6) is -1.41. The minimum Gasteiger partial charge on any atom is -0.476 e. The number of aromatic carboxylic acids is 1. The predicted octanol–water partition coefficient (Wildman–Crippen LogP) is 1.30. The highest BCUT2D eigenvalue weighted by Gasteiger charge is 2.14. The lowest BCUT2D eigenvalue weighted by atomic mass is 10.1. The summed E-state index contributed by atoms with van der Waals surface area (Å²) in [6.07, 6.45) is 1.35. The summed E-state index contributed by atoms with van der Waals surface area (Å²) in [5.41, 5.74) is 6.32. The lowest BCUT2D eigenvalue weighted by Crippen LogP contribution is -2.08. The molecule has 0 saturated carbocycles. The van der Waals surface area contributed by atoms with Gasteiger partial charge in [0.05, 0.1) is 23.5 Å². The number of nitrogens with zero attached hydrogens (tertiary/aromatic N) is 3. The van der Waals surface area contributed by atoms with Crippen LogP contribution in [0.3, 0.4) is 0 Å². The molecule has 0 saturated heterocycles. The fourth-order valence-electron chi connectivity index (χ4n) is 1.49. The Morgan fingerprint density at radius 1 is 1.39 bits per heavy atom. The molecule has 3 N–H and O–H groups in total. The average Bonchev–Trinajstić information content (AvgIpc) is 2.39. The van der Waals surface area contributed by atoms with E-state index in [1.54, 1.807) is 24.3 Å². The number of hydrogen-bond donors (Lipinski definition) is 2. The van der Waals surface area contributed by atoms with E-state index in [4.69, 9.17) is 16.1 Å². The molecule has 6 nitrogen and oxygen atoms in total. The maximum Gasteiger partial charge on any atom is 0.358 e. The lowest BCUT2D eigenvalue weighted by Gasteiger charge is -2.05. The van der Waals surface area contributed by atoms with Crippen molar-refractivity contribution in [3.05, 3.63) is 41.7 Å². The number of anilines is 1. The minimum atomic E-state index is -1.25. The van der Waals surface area contributed by atoms with E-state index in [1.807, 2.05) is 6.07 Å².